The van der Waals surface area contributed by atoms with Crippen LogP contribution in [0.25, 0.3) is 0 Å². The Morgan fingerprint density at radius 3 is 2.44 bits per heavy atom. The molecular formula is C17H22FN5O3S. The number of anilines is 2. The summed E-state index contributed by atoms with van der Waals surface area (Å²) in [5, 5.41) is 11.4. The zero-order valence-electron chi connectivity index (χ0n) is 15.2. The predicted molar refractivity (Wildman–Crippen MR) is 100 cm³/mol. The number of methoxy groups -OCH3 is 1. The number of piperazine rings is 1. The van der Waals surface area contributed by atoms with Gasteiger partial charge >= 0.3 is 0 Å². The molecule has 0 bridgehead atoms. The molecule has 1 aliphatic rings. The van der Waals surface area contributed by atoms with Crippen molar-refractivity contribution in [1.29, 1.82) is 0 Å². The fourth-order valence-corrected chi connectivity index (χ4v) is 4.32. The van der Waals surface area contributed by atoms with E-state index in [0.717, 1.165) is 12.6 Å². The van der Waals surface area contributed by atoms with Crippen molar-refractivity contribution in [3.05, 3.63) is 36.1 Å². The lowest BCUT2D eigenvalue weighted by Crippen LogP contribution is -2.49. The molecule has 0 aliphatic carbocycles. The first-order valence-electron chi connectivity index (χ1n) is 8.62. The van der Waals surface area contributed by atoms with Crippen LogP contribution in [0, 0.1) is 5.82 Å². The van der Waals surface area contributed by atoms with E-state index in [2.05, 4.69) is 15.5 Å². The van der Waals surface area contributed by atoms with Crippen molar-refractivity contribution in [3.8, 4) is 5.75 Å². The summed E-state index contributed by atoms with van der Waals surface area (Å²) in [4.78, 5) is 1.90. The highest BCUT2D eigenvalue weighted by Crippen LogP contribution is 2.24. The molecule has 146 valence electrons. The standard InChI is InChI=1S/C17H22FN5O3S/c1-3-19-16-6-7-17(21-20-16)22-8-10-23(11-9-22)27(24,25)13-4-5-15(26-2)14(18)12-13/h4-7,12H,3,8-11H2,1-2H3,(H,19,20). The van der Waals surface area contributed by atoms with Crippen LogP contribution >= 0.6 is 0 Å². The Balaban J connectivity index is 1.68. The fourth-order valence-electron chi connectivity index (χ4n) is 2.88. The molecule has 0 radical (unpaired) electrons. The van der Waals surface area contributed by atoms with Crippen molar-refractivity contribution in [1.82, 2.24) is 14.5 Å². The second-order valence-electron chi connectivity index (χ2n) is 5.99. The van der Waals surface area contributed by atoms with E-state index in [1.165, 1.54) is 23.5 Å². The van der Waals surface area contributed by atoms with Gasteiger partial charge in [0.25, 0.3) is 0 Å². The van der Waals surface area contributed by atoms with Crippen LogP contribution in [-0.4, -0.2) is 62.8 Å². The van der Waals surface area contributed by atoms with Gasteiger partial charge in [0.1, 0.15) is 5.82 Å². The number of nitrogens with one attached hydrogen (secondary N) is 1. The first kappa shape index (κ1) is 19.3. The molecule has 2 heterocycles. The van der Waals surface area contributed by atoms with Crippen LogP contribution in [0.5, 0.6) is 5.75 Å². The normalized spacial score (nSPS) is 15.6. The van der Waals surface area contributed by atoms with E-state index in [1.807, 2.05) is 24.0 Å². The van der Waals surface area contributed by atoms with Gasteiger partial charge in [-0.1, -0.05) is 0 Å². The second-order valence-corrected chi connectivity index (χ2v) is 7.93. The van der Waals surface area contributed by atoms with E-state index >= 15 is 0 Å². The number of hydrogen-bond acceptors (Lipinski definition) is 7. The van der Waals surface area contributed by atoms with Gasteiger partial charge in [0.2, 0.25) is 10.0 Å². The summed E-state index contributed by atoms with van der Waals surface area (Å²) in [7, 11) is -2.43. The number of benzene rings is 1. The summed E-state index contributed by atoms with van der Waals surface area (Å²) in [6, 6.07) is 7.36. The lowest BCUT2D eigenvalue weighted by molar-refractivity contribution is 0.379. The molecule has 1 saturated heterocycles. The summed E-state index contributed by atoms with van der Waals surface area (Å²) >= 11 is 0. The lowest BCUT2D eigenvalue weighted by Gasteiger charge is -2.34. The molecule has 0 amide bonds. The molecule has 1 N–H and O–H groups in total. The summed E-state index contributed by atoms with van der Waals surface area (Å²) < 4.78 is 45.6. The highest BCUT2D eigenvalue weighted by Gasteiger charge is 2.29. The predicted octanol–water partition coefficient (Wildman–Crippen LogP) is 1.57. The largest absolute Gasteiger partial charge is 0.494 e. The van der Waals surface area contributed by atoms with E-state index in [1.54, 1.807) is 0 Å². The Labute approximate surface area is 158 Å². The Hall–Kier alpha value is -2.46. The third-order valence-electron chi connectivity index (χ3n) is 4.33. The molecule has 8 nitrogen and oxygen atoms in total. The quantitative estimate of drug-likeness (QED) is 0.794. The number of rotatable bonds is 6. The maximum atomic E-state index is 13.9. The summed E-state index contributed by atoms with van der Waals surface area (Å²) in [5.41, 5.74) is 0. The Morgan fingerprint density at radius 2 is 1.89 bits per heavy atom. The molecule has 2 aromatic rings. The number of nitrogens with zero attached hydrogens (tertiary/aromatic N) is 4. The minimum absolute atomic E-state index is 0.0124. The van der Waals surface area contributed by atoms with Crippen molar-refractivity contribution >= 4 is 21.7 Å². The third-order valence-corrected chi connectivity index (χ3v) is 6.23. The van der Waals surface area contributed by atoms with Crippen LogP contribution in [0.3, 0.4) is 0 Å². The average molecular weight is 395 g/mol. The minimum Gasteiger partial charge on any atom is -0.494 e. The molecule has 1 fully saturated rings. The van der Waals surface area contributed by atoms with E-state index in [-0.39, 0.29) is 23.7 Å². The first-order chi connectivity index (χ1) is 13.0. The van der Waals surface area contributed by atoms with E-state index in [0.29, 0.717) is 24.7 Å². The highest BCUT2D eigenvalue weighted by atomic mass is 32.2. The Morgan fingerprint density at radius 1 is 1.15 bits per heavy atom. The summed E-state index contributed by atoms with van der Waals surface area (Å²) in [6.45, 7) is 4.26. The number of hydrogen-bond donors (Lipinski definition) is 1. The maximum absolute atomic E-state index is 13.9. The molecular weight excluding hydrogens is 373 g/mol. The van der Waals surface area contributed by atoms with Crippen molar-refractivity contribution in [3.63, 3.8) is 0 Å². The lowest BCUT2D eigenvalue weighted by atomic mass is 10.3. The maximum Gasteiger partial charge on any atom is 0.243 e. The van der Waals surface area contributed by atoms with Crippen molar-refractivity contribution < 1.29 is 17.5 Å². The third kappa shape index (κ3) is 4.11. The van der Waals surface area contributed by atoms with Gasteiger partial charge in [-0.05, 0) is 37.3 Å². The van der Waals surface area contributed by atoms with Gasteiger partial charge in [0.15, 0.2) is 17.4 Å². The molecule has 1 aromatic heterocycles. The molecule has 1 aliphatic heterocycles. The van der Waals surface area contributed by atoms with Crippen LogP contribution < -0.4 is 15.0 Å². The van der Waals surface area contributed by atoms with Gasteiger partial charge in [-0.15, -0.1) is 10.2 Å². The fraction of sp³-hybridized carbons (Fsp3) is 0.412. The van der Waals surface area contributed by atoms with Gasteiger partial charge in [-0.2, -0.15) is 4.31 Å². The zero-order valence-corrected chi connectivity index (χ0v) is 16.0. The molecule has 0 unspecified atom stereocenters. The van der Waals surface area contributed by atoms with E-state index in [9.17, 15) is 12.8 Å². The molecule has 27 heavy (non-hydrogen) atoms. The molecule has 0 spiro atoms. The summed E-state index contributed by atoms with van der Waals surface area (Å²) in [5.74, 6) is 0.708. The zero-order chi connectivity index (χ0) is 19.4. The SMILES string of the molecule is CCNc1ccc(N2CCN(S(=O)(=O)c3ccc(OC)c(F)c3)CC2)nn1. The minimum atomic E-state index is -3.76. The van der Waals surface area contributed by atoms with Crippen molar-refractivity contribution in [2.24, 2.45) is 0 Å². The van der Waals surface area contributed by atoms with Gasteiger partial charge in [0.05, 0.1) is 12.0 Å². The highest BCUT2D eigenvalue weighted by molar-refractivity contribution is 7.89. The van der Waals surface area contributed by atoms with Crippen molar-refractivity contribution in [2.45, 2.75) is 11.8 Å². The summed E-state index contributed by atoms with van der Waals surface area (Å²) in [6.07, 6.45) is 0. The molecule has 0 saturated carbocycles. The monoisotopic (exact) mass is 395 g/mol. The van der Waals surface area contributed by atoms with Crippen LogP contribution in [0.15, 0.2) is 35.2 Å². The Kier molecular flexibility index (Phi) is 5.76. The molecule has 10 heteroatoms. The van der Waals surface area contributed by atoms with Crippen LogP contribution in [-0.2, 0) is 10.0 Å². The van der Waals surface area contributed by atoms with Gasteiger partial charge in [0, 0.05) is 32.7 Å². The second kappa shape index (κ2) is 8.05. The number of ether oxygens (including phenoxy) is 1. The Bertz CT molecular complexity index is 884. The number of halogens is 1. The molecule has 1 aromatic carbocycles. The number of aromatic nitrogens is 2. The van der Waals surface area contributed by atoms with Crippen LogP contribution in [0.1, 0.15) is 6.92 Å². The molecule has 3 rings (SSSR count). The van der Waals surface area contributed by atoms with Gasteiger partial charge in [-0.25, -0.2) is 12.8 Å². The smallest absolute Gasteiger partial charge is 0.243 e. The van der Waals surface area contributed by atoms with E-state index in [4.69, 9.17) is 4.74 Å². The van der Waals surface area contributed by atoms with E-state index < -0.39 is 15.8 Å². The van der Waals surface area contributed by atoms with Crippen LogP contribution in [0.2, 0.25) is 0 Å². The first-order valence-corrected chi connectivity index (χ1v) is 10.1. The van der Waals surface area contributed by atoms with Gasteiger partial charge < -0.3 is 15.0 Å². The van der Waals surface area contributed by atoms with Crippen LogP contribution in [0.4, 0.5) is 16.0 Å². The van der Waals surface area contributed by atoms with Gasteiger partial charge in [-0.3, -0.25) is 0 Å². The molecule has 0 atom stereocenters. The number of sulfonamides is 1. The van der Waals surface area contributed by atoms with Crippen molar-refractivity contribution in [2.75, 3.05) is 50.1 Å². The topological polar surface area (TPSA) is 87.7 Å². The average Bonchev–Trinajstić information content (AvgIpc) is 2.69.